The molecule has 1 aliphatic rings. The van der Waals surface area contributed by atoms with Crippen molar-refractivity contribution >= 4 is 5.97 Å². The van der Waals surface area contributed by atoms with Crippen molar-refractivity contribution in [3.05, 3.63) is 81.9 Å². The minimum absolute atomic E-state index is 0.0400. The van der Waals surface area contributed by atoms with Crippen molar-refractivity contribution in [2.75, 3.05) is 13.7 Å². The van der Waals surface area contributed by atoms with Crippen molar-refractivity contribution in [1.82, 2.24) is 0 Å². The normalized spacial score (nSPS) is 15.7. The number of benzene rings is 2. The van der Waals surface area contributed by atoms with E-state index < -0.39 is 11.9 Å². The molecule has 7 heteroatoms. The maximum Gasteiger partial charge on any atom is 0.338 e. The number of nitrogens with two attached hydrogens (primary N) is 1. The molecule has 0 radical (unpaired) electrons. The zero-order chi connectivity index (χ0) is 23.3. The summed E-state index contributed by atoms with van der Waals surface area (Å²) in [5, 5.41) is 9.72. The number of nitriles is 1. The zero-order valence-corrected chi connectivity index (χ0v) is 18.6. The quantitative estimate of drug-likeness (QED) is 0.651. The summed E-state index contributed by atoms with van der Waals surface area (Å²) >= 11 is 0. The van der Waals surface area contributed by atoms with E-state index in [1.807, 2.05) is 25.1 Å². The Bertz CT molecular complexity index is 1130. The third-order valence-corrected chi connectivity index (χ3v) is 5.10. The maximum absolute atomic E-state index is 12.7. The molecule has 1 atom stereocenters. The molecule has 1 unspecified atom stereocenters. The SMILES string of the molecule is CCOC(=O)C1=C(C)OC(N)=C(C#N)C1c1ccc(OCc2cccc(C)c2)c(OC)c1. The van der Waals surface area contributed by atoms with E-state index in [1.165, 1.54) is 7.11 Å². The molecule has 2 N–H and O–H groups in total. The molecule has 0 aliphatic carbocycles. The van der Waals surface area contributed by atoms with E-state index in [4.69, 9.17) is 24.7 Å². The van der Waals surface area contributed by atoms with E-state index in [0.717, 1.165) is 11.1 Å². The van der Waals surface area contributed by atoms with Crippen LogP contribution in [0.15, 0.2) is 65.3 Å². The fourth-order valence-electron chi connectivity index (χ4n) is 3.63. The van der Waals surface area contributed by atoms with Gasteiger partial charge in [-0.05, 0) is 44.0 Å². The van der Waals surface area contributed by atoms with Gasteiger partial charge in [-0.2, -0.15) is 5.26 Å². The molecule has 0 amide bonds. The molecule has 3 rings (SSSR count). The van der Waals surface area contributed by atoms with Crippen LogP contribution < -0.4 is 15.2 Å². The second kappa shape index (κ2) is 9.92. The first kappa shape index (κ1) is 22.8. The number of carbonyl (C=O) groups is 1. The third-order valence-electron chi connectivity index (χ3n) is 5.10. The van der Waals surface area contributed by atoms with Gasteiger partial charge >= 0.3 is 5.97 Å². The van der Waals surface area contributed by atoms with Gasteiger partial charge in [-0.3, -0.25) is 0 Å². The van der Waals surface area contributed by atoms with Crippen molar-refractivity contribution in [3.63, 3.8) is 0 Å². The summed E-state index contributed by atoms with van der Waals surface area (Å²) in [6, 6.07) is 15.4. The van der Waals surface area contributed by atoms with Gasteiger partial charge in [0.2, 0.25) is 5.88 Å². The lowest BCUT2D eigenvalue weighted by molar-refractivity contribution is -0.139. The van der Waals surface area contributed by atoms with E-state index in [1.54, 1.807) is 32.0 Å². The highest BCUT2D eigenvalue weighted by molar-refractivity contribution is 5.92. The molecule has 0 saturated heterocycles. The number of allylic oxidation sites excluding steroid dienone is 2. The largest absolute Gasteiger partial charge is 0.493 e. The average Bonchev–Trinajstić information content (AvgIpc) is 2.77. The van der Waals surface area contributed by atoms with Gasteiger partial charge in [0.25, 0.3) is 0 Å². The number of ether oxygens (including phenoxy) is 4. The van der Waals surface area contributed by atoms with Crippen LogP contribution in [-0.2, 0) is 20.9 Å². The molecule has 166 valence electrons. The number of hydrogen-bond acceptors (Lipinski definition) is 7. The van der Waals surface area contributed by atoms with E-state index in [0.29, 0.717) is 29.4 Å². The van der Waals surface area contributed by atoms with Crippen molar-refractivity contribution in [1.29, 1.82) is 5.26 Å². The number of hydrogen-bond donors (Lipinski definition) is 1. The smallest absolute Gasteiger partial charge is 0.338 e. The molecule has 1 heterocycles. The summed E-state index contributed by atoms with van der Waals surface area (Å²) in [7, 11) is 1.53. The van der Waals surface area contributed by atoms with Crippen LogP contribution >= 0.6 is 0 Å². The molecule has 0 spiro atoms. The van der Waals surface area contributed by atoms with Crippen LogP contribution in [-0.4, -0.2) is 19.7 Å². The Morgan fingerprint density at radius 1 is 1.19 bits per heavy atom. The predicted octanol–water partition coefficient (Wildman–Crippen LogP) is 4.23. The van der Waals surface area contributed by atoms with Gasteiger partial charge in [-0.15, -0.1) is 0 Å². The van der Waals surface area contributed by atoms with Crippen LogP contribution in [0.4, 0.5) is 0 Å². The first-order valence-electron chi connectivity index (χ1n) is 10.2. The fraction of sp³-hybridized carbons (Fsp3) is 0.280. The minimum Gasteiger partial charge on any atom is -0.493 e. The van der Waals surface area contributed by atoms with Crippen molar-refractivity contribution in [3.8, 4) is 17.6 Å². The van der Waals surface area contributed by atoms with Crippen molar-refractivity contribution < 1.29 is 23.7 Å². The fourth-order valence-corrected chi connectivity index (χ4v) is 3.63. The van der Waals surface area contributed by atoms with Gasteiger partial charge in [0.15, 0.2) is 11.5 Å². The van der Waals surface area contributed by atoms with Gasteiger partial charge in [0.1, 0.15) is 24.0 Å². The van der Waals surface area contributed by atoms with Crippen LogP contribution in [0.25, 0.3) is 0 Å². The Morgan fingerprint density at radius 2 is 1.97 bits per heavy atom. The first-order valence-corrected chi connectivity index (χ1v) is 10.2. The Kier molecular flexibility index (Phi) is 7.06. The van der Waals surface area contributed by atoms with E-state index in [9.17, 15) is 10.1 Å². The number of rotatable bonds is 7. The van der Waals surface area contributed by atoms with Gasteiger partial charge in [-0.25, -0.2) is 4.79 Å². The summed E-state index contributed by atoms with van der Waals surface area (Å²) in [4.78, 5) is 12.7. The molecule has 32 heavy (non-hydrogen) atoms. The monoisotopic (exact) mass is 434 g/mol. The lowest BCUT2D eigenvalue weighted by atomic mass is 9.83. The highest BCUT2D eigenvalue weighted by atomic mass is 16.5. The van der Waals surface area contributed by atoms with Crippen molar-refractivity contribution in [2.24, 2.45) is 5.73 Å². The predicted molar refractivity (Wildman–Crippen MR) is 118 cm³/mol. The third kappa shape index (κ3) is 4.70. The molecule has 7 nitrogen and oxygen atoms in total. The molecular formula is C25H26N2O5. The van der Waals surface area contributed by atoms with Gasteiger partial charge < -0.3 is 24.7 Å². The molecule has 1 aliphatic heterocycles. The van der Waals surface area contributed by atoms with Crippen LogP contribution in [0.2, 0.25) is 0 Å². The summed E-state index contributed by atoms with van der Waals surface area (Å²) in [5.41, 5.74) is 9.14. The van der Waals surface area contributed by atoms with Gasteiger partial charge in [-0.1, -0.05) is 35.9 Å². The number of nitrogens with zero attached hydrogens (tertiary/aromatic N) is 1. The molecule has 0 aromatic heterocycles. The lowest BCUT2D eigenvalue weighted by Crippen LogP contribution is -2.25. The van der Waals surface area contributed by atoms with Crippen LogP contribution in [0.3, 0.4) is 0 Å². The summed E-state index contributed by atoms with van der Waals surface area (Å²) in [6.45, 7) is 5.92. The van der Waals surface area contributed by atoms with Gasteiger partial charge in [0, 0.05) is 0 Å². The van der Waals surface area contributed by atoms with Crippen LogP contribution in [0, 0.1) is 18.3 Å². The zero-order valence-electron chi connectivity index (χ0n) is 18.6. The molecule has 0 saturated carbocycles. The number of methoxy groups -OCH3 is 1. The summed E-state index contributed by atoms with van der Waals surface area (Å²) in [5.74, 6) is -0.0379. The number of esters is 1. The molecule has 0 fully saturated rings. The second-order valence-corrected chi connectivity index (χ2v) is 7.30. The minimum atomic E-state index is -0.743. The standard InChI is InChI=1S/C25H26N2O5/c1-5-30-25(28)22-16(3)32-24(27)19(13-26)23(22)18-9-10-20(21(12-18)29-4)31-14-17-8-6-7-15(2)11-17/h6-12,23H,5,14,27H2,1-4H3. The lowest BCUT2D eigenvalue weighted by Gasteiger charge is -2.27. The molecule has 0 bridgehead atoms. The second-order valence-electron chi connectivity index (χ2n) is 7.30. The van der Waals surface area contributed by atoms with Crippen LogP contribution in [0.5, 0.6) is 11.5 Å². The molecule has 2 aromatic rings. The van der Waals surface area contributed by atoms with E-state index >= 15 is 0 Å². The Morgan fingerprint density at radius 3 is 2.62 bits per heavy atom. The number of aryl methyl sites for hydroxylation is 1. The maximum atomic E-state index is 12.7. The highest BCUT2D eigenvalue weighted by Gasteiger charge is 2.36. The Hall–Kier alpha value is -3.92. The molecular weight excluding hydrogens is 408 g/mol. The topological polar surface area (TPSA) is 104 Å². The molecule has 2 aromatic carbocycles. The van der Waals surface area contributed by atoms with E-state index in [-0.39, 0.29) is 23.6 Å². The Balaban J connectivity index is 1.98. The summed E-state index contributed by atoms with van der Waals surface area (Å²) < 4.78 is 22.2. The number of carbonyl (C=O) groups excluding carboxylic acids is 1. The average molecular weight is 434 g/mol. The first-order chi connectivity index (χ1) is 15.4. The van der Waals surface area contributed by atoms with Crippen molar-refractivity contribution in [2.45, 2.75) is 33.3 Å². The Labute approximate surface area is 187 Å². The van der Waals surface area contributed by atoms with E-state index in [2.05, 4.69) is 12.1 Å². The summed E-state index contributed by atoms with van der Waals surface area (Å²) in [6.07, 6.45) is 0. The van der Waals surface area contributed by atoms with Crippen LogP contribution in [0.1, 0.15) is 36.5 Å². The highest BCUT2D eigenvalue weighted by Crippen LogP contribution is 2.42. The van der Waals surface area contributed by atoms with Gasteiger partial charge in [0.05, 0.1) is 25.2 Å².